The zero-order valence-electron chi connectivity index (χ0n) is 9.45. The summed E-state index contributed by atoms with van der Waals surface area (Å²) in [4.78, 5) is 11.7. The molecule has 4 heteroatoms. The van der Waals surface area contributed by atoms with Crippen LogP contribution in [0.25, 0.3) is 0 Å². The third kappa shape index (κ3) is 2.05. The van der Waals surface area contributed by atoms with Gasteiger partial charge in [-0.1, -0.05) is 18.2 Å². The van der Waals surface area contributed by atoms with Gasteiger partial charge < -0.3 is 10.6 Å². The lowest BCUT2D eigenvalue weighted by atomic mass is 10.1. The van der Waals surface area contributed by atoms with E-state index in [1.807, 2.05) is 0 Å². The summed E-state index contributed by atoms with van der Waals surface area (Å²) in [6, 6.07) is 6.74. The lowest BCUT2D eigenvalue weighted by Gasteiger charge is -2.08. The van der Waals surface area contributed by atoms with Gasteiger partial charge in [0.25, 0.3) is 0 Å². The summed E-state index contributed by atoms with van der Waals surface area (Å²) in [7, 11) is 0. The molecule has 90 valence electrons. The summed E-state index contributed by atoms with van der Waals surface area (Å²) in [5.74, 6) is 0.814. The van der Waals surface area contributed by atoms with E-state index in [1.54, 1.807) is 18.2 Å². The van der Waals surface area contributed by atoms with Gasteiger partial charge in [-0.25, -0.2) is 4.39 Å². The van der Waals surface area contributed by atoms with E-state index < -0.39 is 0 Å². The van der Waals surface area contributed by atoms with Crippen LogP contribution in [0, 0.1) is 17.7 Å². The highest BCUT2D eigenvalue weighted by Gasteiger charge is 2.53. The largest absolute Gasteiger partial charge is 0.352 e. The van der Waals surface area contributed by atoms with Gasteiger partial charge in [0.05, 0.1) is 6.42 Å². The Morgan fingerprint density at radius 2 is 2.06 bits per heavy atom. The Morgan fingerprint density at radius 1 is 1.35 bits per heavy atom. The van der Waals surface area contributed by atoms with Gasteiger partial charge in [-0.15, -0.1) is 0 Å². The number of halogens is 1. The summed E-state index contributed by atoms with van der Waals surface area (Å²) < 4.78 is 13.3. The SMILES string of the molecule is O=C(Cc1ccccc1F)NC1C2CNCC21. The number of amides is 1. The van der Waals surface area contributed by atoms with Crippen LogP contribution in [0.4, 0.5) is 4.39 Å². The molecule has 2 atom stereocenters. The maximum absolute atomic E-state index is 13.3. The predicted octanol–water partition coefficient (Wildman–Crippen LogP) is 0.702. The van der Waals surface area contributed by atoms with Crippen molar-refractivity contribution in [1.82, 2.24) is 10.6 Å². The number of benzene rings is 1. The maximum Gasteiger partial charge on any atom is 0.224 e. The first kappa shape index (κ1) is 10.7. The number of fused-ring (bicyclic) bond motifs is 1. The highest BCUT2D eigenvalue weighted by molar-refractivity contribution is 5.79. The topological polar surface area (TPSA) is 41.1 Å². The lowest BCUT2D eigenvalue weighted by Crippen LogP contribution is -2.33. The van der Waals surface area contributed by atoms with Gasteiger partial charge in [0.1, 0.15) is 5.82 Å². The van der Waals surface area contributed by atoms with Crippen molar-refractivity contribution in [3.63, 3.8) is 0 Å². The average Bonchev–Trinajstić information content (AvgIpc) is 2.76. The Kier molecular flexibility index (Phi) is 2.59. The third-order valence-corrected chi connectivity index (χ3v) is 3.73. The summed E-state index contributed by atoms with van der Waals surface area (Å²) in [6.07, 6.45) is 0.135. The summed E-state index contributed by atoms with van der Waals surface area (Å²) in [6.45, 7) is 1.99. The van der Waals surface area contributed by atoms with Gasteiger partial charge in [-0.3, -0.25) is 4.79 Å². The van der Waals surface area contributed by atoms with Crippen molar-refractivity contribution in [2.24, 2.45) is 11.8 Å². The summed E-state index contributed by atoms with van der Waals surface area (Å²) in [5, 5.41) is 6.26. The molecule has 2 fully saturated rings. The van der Waals surface area contributed by atoms with Gasteiger partial charge in [0.2, 0.25) is 5.91 Å². The number of hydrogen-bond donors (Lipinski definition) is 2. The molecule has 1 amide bonds. The Hall–Kier alpha value is -1.42. The van der Waals surface area contributed by atoms with Crippen LogP contribution in [0.2, 0.25) is 0 Å². The molecule has 1 aromatic rings. The number of rotatable bonds is 3. The highest BCUT2D eigenvalue weighted by Crippen LogP contribution is 2.41. The van der Waals surface area contributed by atoms with Crippen LogP contribution in [0.5, 0.6) is 0 Å². The van der Waals surface area contributed by atoms with Crippen molar-refractivity contribution < 1.29 is 9.18 Å². The molecule has 0 spiro atoms. The first-order chi connectivity index (χ1) is 8.25. The maximum atomic E-state index is 13.3. The Balaban J connectivity index is 1.56. The number of carbonyl (C=O) groups excluding carboxylic acids is 1. The van der Waals surface area contributed by atoms with E-state index in [4.69, 9.17) is 0 Å². The number of carbonyl (C=O) groups is 1. The molecule has 17 heavy (non-hydrogen) atoms. The van der Waals surface area contributed by atoms with Crippen molar-refractivity contribution in [3.8, 4) is 0 Å². The number of piperidine rings is 1. The van der Waals surface area contributed by atoms with E-state index in [0.717, 1.165) is 13.1 Å². The molecule has 0 bridgehead atoms. The monoisotopic (exact) mass is 234 g/mol. The van der Waals surface area contributed by atoms with Crippen molar-refractivity contribution in [1.29, 1.82) is 0 Å². The fraction of sp³-hybridized carbons (Fsp3) is 0.462. The molecule has 1 aromatic carbocycles. The molecule has 0 radical (unpaired) electrons. The van der Waals surface area contributed by atoms with Crippen LogP contribution in [-0.2, 0) is 11.2 Å². The summed E-state index contributed by atoms with van der Waals surface area (Å²) in [5.41, 5.74) is 0.467. The van der Waals surface area contributed by atoms with Crippen molar-refractivity contribution >= 4 is 5.91 Å². The van der Waals surface area contributed by atoms with Gasteiger partial charge >= 0.3 is 0 Å². The van der Waals surface area contributed by atoms with Crippen molar-refractivity contribution in [3.05, 3.63) is 35.6 Å². The number of hydrogen-bond acceptors (Lipinski definition) is 2. The van der Waals surface area contributed by atoms with Crippen LogP contribution in [0.3, 0.4) is 0 Å². The van der Waals surface area contributed by atoms with Crippen LogP contribution >= 0.6 is 0 Å². The van der Waals surface area contributed by atoms with Crippen molar-refractivity contribution in [2.75, 3.05) is 13.1 Å². The molecule has 2 aliphatic rings. The fourth-order valence-corrected chi connectivity index (χ4v) is 2.68. The second-order valence-electron chi connectivity index (χ2n) is 4.85. The molecule has 0 aromatic heterocycles. The minimum atomic E-state index is -0.305. The van der Waals surface area contributed by atoms with E-state index in [9.17, 15) is 9.18 Å². The lowest BCUT2D eigenvalue weighted by molar-refractivity contribution is -0.120. The molecule has 1 saturated carbocycles. The zero-order valence-corrected chi connectivity index (χ0v) is 9.45. The molecule has 1 aliphatic carbocycles. The predicted molar refractivity (Wildman–Crippen MR) is 61.9 cm³/mol. The Labute approximate surface area is 99.4 Å². The van der Waals surface area contributed by atoms with E-state index in [2.05, 4.69) is 10.6 Å². The van der Waals surface area contributed by atoms with Crippen molar-refractivity contribution in [2.45, 2.75) is 12.5 Å². The molecule has 3 nitrogen and oxygen atoms in total. The zero-order chi connectivity index (χ0) is 11.8. The second kappa shape index (κ2) is 4.11. The quantitative estimate of drug-likeness (QED) is 0.808. The molecule has 1 saturated heterocycles. The molecule has 1 aliphatic heterocycles. The molecule has 2 unspecified atom stereocenters. The Bertz CT molecular complexity index is 439. The Morgan fingerprint density at radius 3 is 2.76 bits per heavy atom. The molecule has 3 rings (SSSR count). The van der Waals surface area contributed by atoms with Gasteiger partial charge in [0.15, 0.2) is 0 Å². The summed E-state index contributed by atoms with van der Waals surface area (Å²) >= 11 is 0. The standard InChI is InChI=1S/C13H15FN2O/c14-11-4-2-1-3-8(11)5-12(17)16-13-9-6-15-7-10(9)13/h1-4,9-10,13,15H,5-7H2,(H,16,17). The highest BCUT2D eigenvalue weighted by atomic mass is 19.1. The van der Waals surface area contributed by atoms with E-state index >= 15 is 0 Å². The van der Waals surface area contributed by atoms with Crippen LogP contribution < -0.4 is 10.6 Å². The van der Waals surface area contributed by atoms with E-state index in [0.29, 0.717) is 23.4 Å². The first-order valence-electron chi connectivity index (χ1n) is 5.99. The van der Waals surface area contributed by atoms with E-state index in [1.165, 1.54) is 6.07 Å². The van der Waals surface area contributed by atoms with Gasteiger partial charge in [0, 0.05) is 19.1 Å². The van der Waals surface area contributed by atoms with E-state index in [-0.39, 0.29) is 18.1 Å². The number of nitrogens with one attached hydrogen (secondary N) is 2. The molecule has 1 heterocycles. The van der Waals surface area contributed by atoms with Gasteiger partial charge in [-0.2, -0.15) is 0 Å². The minimum absolute atomic E-state index is 0.0745. The third-order valence-electron chi connectivity index (χ3n) is 3.73. The molecular formula is C13H15FN2O. The molecule has 2 N–H and O–H groups in total. The second-order valence-corrected chi connectivity index (χ2v) is 4.85. The van der Waals surface area contributed by atoms with Crippen LogP contribution in [0.1, 0.15) is 5.56 Å². The van der Waals surface area contributed by atoms with Crippen LogP contribution in [-0.4, -0.2) is 25.0 Å². The van der Waals surface area contributed by atoms with Gasteiger partial charge in [-0.05, 0) is 23.5 Å². The average molecular weight is 234 g/mol. The smallest absolute Gasteiger partial charge is 0.224 e. The van der Waals surface area contributed by atoms with Crippen LogP contribution in [0.15, 0.2) is 24.3 Å². The normalized spacial score (nSPS) is 29.8. The fourth-order valence-electron chi connectivity index (χ4n) is 2.68. The minimum Gasteiger partial charge on any atom is -0.352 e. The first-order valence-corrected chi connectivity index (χ1v) is 5.99. The molecular weight excluding hydrogens is 219 g/mol.